The summed E-state index contributed by atoms with van der Waals surface area (Å²) in [5.41, 5.74) is 2.57. The molecule has 4 rings (SSSR count). The Hall–Kier alpha value is -3.90. The zero-order chi connectivity index (χ0) is 23.4. The van der Waals surface area contributed by atoms with Crippen molar-refractivity contribution in [3.05, 3.63) is 99.8 Å². The maximum absolute atomic E-state index is 13.5. The molecule has 4 aromatic rings. The number of aromatic nitrogens is 2. The van der Waals surface area contributed by atoms with Gasteiger partial charge >= 0.3 is 0 Å². The molecule has 0 aliphatic carbocycles. The van der Waals surface area contributed by atoms with Crippen molar-refractivity contribution >= 4 is 23.2 Å². The Morgan fingerprint density at radius 3 is 2.21 bits per heavy atom. The number of benzene rings is 3. The molecule has 0 atom stereocenters. The third-order valence-electron chi connectivity index (χ3n) is 5.20. The first kappa shape index (κ1) is 22.3. The van der Waals surface area contributed by atoms with Crippen LogP contribution in [0.25, 0.3) is 22.4 Å². The third-order valence-corrected chi connectivity index (χ3v) is 5.50. The zero-order valence-electron chi connectivity index (χ0n) is 18.2. The molecule has 1 N–H and O–H groups in total. The molecule has 0 radical (unpaired) electrons. The number of nitrogens with zero attached hydrogens (tertiary/aromatic N) is 2. The summed E-state index contributed by atoms with van der Waals surface area (Å²) in [5.74, 6) is -0.0508. The predicted octanol–water partition coefficient (Wildman–Crippen LogP) is 5.51. The quantitative estimate of drug-likeness (QED) is 0.412. The fourth-order valence-corrected chi connectivity index (χ4v) is 3.87. The summed E-state index contributed by atoms with van der Waals surface area (Å²) in [4.78, 5) is 26.9. The van der Waals surface area contributed by atoms with Gasteiger partial charge in [-0.3, -0.25) is 9.59 Å². The van der Waals surface area contributed by atoms with Crippen molar-refractivity contribution in [2.24, 2.45) is 0 Å². The molecule has 3 aromatic carbocycles. The van der Waals surface area contributed by atoms with Crippen LogP contribution in [0.1, 0.15) is 17.3 Å². The van der Waals surface area contributed by atoms with Gasteiger partial charge in [0.1, 0.15) is 11.3 Å². The van der Waals surface area contributed by atoms with Crippen LogP contribution in [0.15, 0.2) is 83.7 Å². The standard InChI is InChI=1S/C26H22ClN3O3/c1-3-30-26(32)23(25(31)28-19-14-15-21(33-2)20(27)16-19)22(17-10-6-4-7-11-17)24(29-30)18-12-8-5-9-13-18/h4-16H,3H2,1-2H3,(H,28,31). The fraction of sp³-hybridized carbons (Fsp3) is 0.115. The molecular weight excluding hydrogens is 438 g/mol. The largest absolute Gasteiger partial charge is 0.495 e. The van der Waals surface area contributed by atoms with Gasteiger partial charge in [-0.25, -0.2) is 4.68 Å². The highest BCUT2D eigenvalue weighted by atomic mass is 35.5. The summed E-state index contributed by atoms with van der Waals surface area (Å²) in [6.45, 7) is 2.14. The van der Waals surface area contributed by atoms with Crippen LogP contribution in [-0.2, 0) is 6.54 Å². The molecule has 1 heterocycles. The number of halogens is 1. The van der Waals surface area contributed by atoms with Gasteiger partial charge < -0.3 is 10.1 Å². The van der Waals surface area contributed by atoms with Gasteiger partial charge in [0.25, 0.3) is 11.5 Å². The van der Waals surface area contributed by atoms with Crippen LogP contribution in [0.2, 0.25) is 5.02 Å². The van der Waals surface area contributed by atoms with E-state index in [1.807, 2.05) is 67.6 Å². The number of anilines is 1. The van der Waals surface area contributed by atoms with Crippen LogP contribution in [0.5, 0.6) is 5.75 Å². The maximum atomic E-state index is 13.5. The van der Waals surface area contributed by atoms with Crippen molar-refractivity contribution in [3.63, 3.8) is 0 Å². The summed E-state index contributed by atoms with van der Waals surface area (Å²) in [6, 6.07) is 23.7. The fourth-order valence-electron chi connectivity index (χ4n) is 3.62. The normalized spacial score (nSPS) is 10.6. The number of hydrogen-bond acceptors (Lipinski definition) is 4. The van der Waals surface area contributed by atoms with Crippen LogP contribution >= 0.6 is 11.6 Å². The average Bonchev–Trinajstić information content (AvgIpc) is 2.84. The van der Waals surface area contributed by atoms with E-state index in [1.54, 1.807) is 18.2 Å². The highest BCUT2D eigenvalue weighted by molar-refractivity contribution is 6.32. The minimum Gasteiger partial charge on any atom is -0.495 e. The summed E-state index contributed by atoms with van der Waals surface area (Å²) in [5, 5.41) is 7.77. The van der Waals surface area contributed by atoms with E-state index < -0.39 is 11.5 Å². The third kappa shape index (κ3) is 4.52. The van der Waals surface area contributed by atoms with Crippen molar-refractivity contribution in [3.8, 4) is 28.1 Å². The lowest BCUT2D eigenvalue weighted by molar-refractivity contribution is 0.102. The van der Waals surface area contributed by atoms with E-state index in [1.165, 1.54) is 11.8 Å². The molecule has 166 valence electrons. The molecule has 1 amide bonds. The van der Waals surface area contributed by atoms with E-state index in [2.05, 4.69) is 10.4 Å². The number of ether oxygens (including phenoxy) is 1. The molecule has 0 unspecified atom stereocenters. The van der Waals surface area contributed by atoms with Crippen molar-refractivity contribution in [2.45, 2.75) is 13.5 Å². The molecule has 1 aromatic heterocycles. The summed E-state index contributed by atoms with van der Waals surface area (Å²) in [6.07, 6.45) is 0. The zero-order valence-corrected chi connectivity index (χ0v) is 19.0. The predicted molar refractivity (Wildman–Crippen MR) is 131 cm³/mol. The number of amides is 1. The van der Waals surface area contributed by atoms with E-state index in [0.717, 1.165) is 11.1 Å². The van der Waals surface area contributed by atoms with Gasteiger partial charge in [-0.05, 0) is 30.7 Å². The van der Waals surface area contributed by atoms with Gasteiger partial charge in [0.15, 0.2) is 0 Å². The van der Waals surface area contributed by atoms with Crippen LogP contribution in [0.3, 0.4) is 0 Å². The molecule has 0 bridgehead atoms. The lowest BCUT2D eigenvalue weighted by Crippen LogP contribution is -2.32. The number of carbonyl (C=O) groups excluding carboxylic acids is 1. The average molecular weight is 460 g/mol. The molecule has 0 fully saturated rings. The molecule has 33 heavy (non-hydrogen) atoms. The van der Waals surface area contributed by atoms with Gasteiger partial charge in [0.05, 0.1) is 17.8 Å². The van der Waals surface area contributed by atoms with Gasteiger partial charge in [0, 0.05) is 23.4 Å². The molecule has 7 heteroatoms. The Morgan fingerprint density at radius 1 is 1.00 bits per heavy atom. The first-order valence-corrected chi connectivity index (χ1v) is 10.8. The number of aryl methyl sites for hydroxylation is 1. The molecule has 0 aliphatic heterocycles. The van der Waals surface area contributed by atoms with Crippen molar-refractivity contribution in [1.82, 2.24) is 9.78 Å². The van der Waals surface area contributed by atoms with Crippen molar-refractivity contribution in [2.75, 3.05) is 12.4 Å². The van der Waals surface area contributed by atoms with E-state index in [9.17, 15) is 9.59 Å². The van der Waals surface area contributed by atoms with Crippen LogP contribution in [0, 0.1) is 0 Å². The highest BCUT2D eigenvalue weighted by Gasteiger charge is 2.25. The summed E-state index contributed by atoms with van der Waals surface area (Å²) >= 11 is 6.22. The maximum Gasteiger partial charge on any atom is 0.280 e. The van der Waals surface area contributed by atoms with E-state index in [-0.39, 0.29) is 5.56 Å². The van der Waals surface area contributed by atoms with Crippen LogP contribution in [-0.4, -0.2) is 22.8 Å². The Morgan fingerprint density at radius 2 is 1.64 bits per heavy atom. The summed E-state index contributed by atoms with van der Waals surface area (Å²) in [7, 11) is 1.51. The Kier molecular flexibility index (Phi) is 6.56. The molecule has 0 spiro atoms. The smallest absolute Gasteiger partial charge is 0.280 e. The second-order valence-corrected chi connectivity index (χ2v) is 7.66. The lowest BCUT2D eigenvalue weighted by atomic mass is 9.95. The van der Waals surface area contributed by atoms with E-state index in [0.29, 0.717) is 34.3 Å². The van der Waals surface area contributed by atoms with E-state index >= 15 is 0 Å². The first-order valence-electron chi connectivity index (χ1n) is 10.4. The van der Waals surface area contributed by atoms with E-state index in [4.69, 9.17) is 16.3 Å². The number of nitrogens with one attached hydrogen (secondary N) is 1. The second-order valence-electron chi connectivity index (χ2n) is 7.26. The molecule has 0 aliphatic rings. The first-order chi connectivity index (χ1) is 16.0. The number of methoxy groups -OCH3 is 1. The molecule has 0 saturated carbocycles. The highest BCUT2D eigenvalue weighted by Crippen LogP contribution is 2.33. The lowest BCUT2D eigenvalue weighted by Gasteiger charge is -2.17. The number of rotatable bonds is 6. The van der Waals surface area contributed by atoms with Gasteiger partial charge in [-0.1, -0.05) is 72.3 Å². The monoisotopic (exact) mass is 459 g/mol. The van der Waals surface area contributed by atoms with Gasteiger partial charge in [0.2, 0.25) is 0 Å². The number of hydrogen-bond donors (Lipinski definition) is 1. The van der Waals surface area contributed by atoms with Gasteiger partial charge in [-0.2, -0.15) is 5.10 Å². The topological polar surface area (TPSA) is 73.2 Å². The minimum atomic E-state index is -0.540. The number of carbonyl (C=O) groups is 1. The van der Waals surface area contributed by atoms with Crippen LogP contribution < -0.4 is 15.6 Å². The Bertz CT molecular complexity index is 1350. The molecule has 0 saturated heterocycles. The Balaban J connectivity index is 1.93. The SMILES string of the molecule is CCn1nc(-c2ccccc2)c(-c2ccccc2)c(C(=O)Nc2ccc(OC)c(Cl)c2)c1=O. The second kappa shape index (κ2) is 9.71. The van der Waals surface area contributed by atoms with Crippen LogP contribution in [0.4, 0.5) is 5.69 Å². The Labute approximate surface area is 196 Å². The minimum absolute atomic E-state index is 0.0174. The van der Waals surface area contributed by atoms with Crippen molar-refractivity contribution < 1.29 is 9.53 Å². The van der Waals surface area contributed by atoms with Crippen molar-refractivity contribution in [1.29, 1.82) is 0 Å². The molecule has 6 nitrogen and oxygen atoms in total. The molecular formula is C26H22ClN3O3. The summed E-state index contributed by atoms with van der Waals surface area (Å²) < 4.78 is 6.48. The van der Waals surface area contributed by atoms with Gasteiger partial charge in [-0.15, -0.1) is 0 Å².